The molecule has 0 saturated heterocycles. The summed E-state index contributed by atoms with van der Waals surface area (Å²) < 4.78 is 0. The van der Waals surface area contributed by atoms with Crippen LogP contribution in [0.4, 0.5) is 0 Å². The van der Waals surface area contributed by atoms with Crippen LogP contribution in [0.2, 0.25) is 5.02 Å². The van der Waals surface area contributed by atoms with Crippen LogP contribution in [0.25, 0.3) is 0 Å². The molecular weight excluding hydrogens is 266 g/mol. The smallest absolute Gasteiger partial charge is 0.0591 e. The normalized spacial score (nSPS) is 12.5. The van der Waals surface area contributed by atoms with Crippen molar-refractivity contribution in [1.29, 1.82) is 0 Å². The second-order valence-electron chi connectivity index (χ2n) is 5.54. The fraction of sp³-hybridized carbons (Fsp3) is 0.333. The lowest BCUT2D eigenvalue weighted by Crippen LogP contribution is -2.19. The molecule has 20 heavy (non-hydrogen) atoms. The summed E-state index contributed by atoms with van der Waals surface area (Å²) in [5.41, 5.74) is 7.49. The number of nitrogens with one attached hydrogen (secondary N) is 1. The minimum atomic E-state index is 0.127. The number of aryl methyl sites for hydroxylation is 4. The molecule has 0 fully saturated rings. The van der Waals surface area contributed by atoms with Crippen LogP contribution in [0, 0.1) is 27.7 Å². The molecule has 0 spiro atoms. The van der Waals surface area contributed by atoms with Gasteiger partial charge in [0, 0.05) is 5.02 Å². The van der Waals surface area contributed by atoms with E-state index in [1.165, 1.54) is 27.8 Å². The molecule has 2 rings (SSSR count). The third-order valence-corrected chi connectivity index (χ3v) is 4.29. The fourth-order valence-corrected chi connectivity index (χ4v) is 2.90. The summed E-state index contributed by atoms with van der Waals surface area (Å²) in [7, 11) is 1.98. The van der Waals surface area contributed by atoms with Crippen molar-refractivity contribution in [3.63, 3.8) is 0 Å². The first-order chi connectivity index (χ1) is 9.43. The highest BCUT2D eigenvalue weighted by Crippen LogP contribution is 2.32. The fourth-order valence-electron chi connectivity index (χ4n) is 2.57. The monoisotopic (exact) mass is 287 g/mol. The van der Waals surface area contributed by atoms with Crippen LogP contribution in [0.1, 0.15) is 39.4 Å². The predicted molar refractivity (Wildman–Crippen MR) is 87.7 cm³/mol. The molecule has 1 nitrogen and oxygen atoms in total. The zero-order valence-corrected chi connectivity index (χ0v) is 13.6. The molecule has 0 amide bonds. The standard InChI is InChI=1S/C18H22ClN/c1-11-6-7-12(2)15(8-11)18(20-5)16-9-13(3)14(4)10-17(16)19/h6-10,18,20H,1-5H3. The lowest BCUT2D eigenvalue weighted by Gasteiger charge is -2.22. The zero-order valence-electron chi connectivity index (χ0n) is 12.8. The summed E-state index contributed by atoms with van der Waals surface area (Å²) in [6, 6.07) is 10.9. The van der Waals surface area contributed by atoms with Gasteiger partial charge >= 0.3 is 0 Å². The quantitative estimate of drug-likeness (QED) is 0.848. The lowest BCUT2D eigenvalue weighted by atomic mass is 9.92. The average molecular weight is 288 g/mol. The molecule has 1 N–H and O–H groups in total. The molecular formula is C18H22ClN. The van der Waals surface area contributed by atoms with E-state index in [1.54, 1.807) is 0 Å². The third kappa shape index (κ3) is 2.89. The highest BCUT2D eigenvalue weighted by molar-refractivity contribution is 6.31. The summed E-state index contributed by atoms with van der Waals surface area (Å²) >= 11 is 6.48. The molecule has 0 radical (unpaired) electrons. The second-order valence-corrected chi connectivity index (χ2v) is 5.95. The molecule has 1 atom stereocenters. The molecule has 106 valence electrons. The van der Waals surface area contributed by atoms with E-state index < -0.39 is 0 Å². The summed E-state index contributed by atoms with van der Waals surface area (Å²) in [5, 5.41) is 4.23. The lowest BCUT2D eigenvalue weighted by molar-refractivity contribution is 0.686. The predicted octanol–water partition coefficient (Wildman–Crippen LogP) is 4.88. The van der Waals surface area contributed by atoms with Crippen molar-refractivity contribution < 1.29 is 0 Å². The van der Waals surface area contributed by atoms with Crippen LogP contribution in [0.15, 0.2) is 30.3 Å². The molecule has 0 saturated carbocycles. The van der Waals surface area contributed by atoms with Gasteiger partial charge in [-0.25, -0.2) is 0 Å². The maximum absolute atomic E-state index is 6.48. The van der Waals surface area contributed by atoms with Crippen LogP contribution in [0.5, 0.6) is 0 Å². The van der Waals surface area contributed by atoms with E-state index in [0.29, 0.717) is 0 Å². The van der Waals surface area contributed by atoms with E-state index in [2.05, 4.69) is 63.3 Å². The van der Waals surface area contributed by atoms with E-state index in [-0.39, 0.29) is 6.04 Å². The van der Waals surface area contributed by atoms with Crippen molar-refractivity contribution in [2.75, 3.05) is 7.05 Å². The minimum Gasteiger partial charge on any atom is -0.309 e. The van der Waals surface area contributed by atoms with E-state index >= 15 is 0 Å². The first-order valence-electron chi connectivity index (χ1n) is 6.95. The molecule has 0 aliphatic carbocycles. The van der Waals surface area contributed by atoms with Crippen LogP contribution < -0.4 is 5.32 Å². The van der Waals surface area contributed by atoms with Crippen LogP contribution in [0.3, 0.4) is 0 Å². The zero-order chi connectivity index (χ0) is 14.9. The van der Waals surface area contributed by atoms with Crippen molar-refractivity contribution in [3.05, 3.63) is 68.7 Å². The van der Waals surface area contributed by atoms with E-state index in [0.717, 1.165) is 10.6 Å². The molecule has 0 heterocycles. The number of hydrogen-bond acceptors (Lipinski definition) is 1. The SMILES string of the molecule is CNC(c1cc(C)ccc1C)c1cc(C)c(C)cc1Cl. The van der Waals surface area contributed by atoms with Gasteiger partial charge in [0.2, 0.25) is 0 Å². The maximum atomic E-state index is 6.48. The van der Waals surface area contributed by atoms with E-state index in [1.807, 2.05) is 7.05 Å². The molecule has 1 unspecified atom stereocenters. The van der Waals surface area contributed by atoms with Gasteiger partial charge in [-0.15, -0.1) is 0 Å². The average Bonchev–Trinajstić information content (AvgIpc) is 2.40. The Hall–Kier alpha value is -1.31. The Morgan fingerprint density at radius 3 is 2.15 bits per heavy atom. The van der Waals surface area contributed by atoms with Crippen LogP contribution in [-0.4, -0.2) is 7.05 Å². The van der Waals surface area contributed by atoms with Crippen molar-refractivity contribution >= 4 is 11.6 Å². The van der Waals surface area contributed by atoms with Gasteiger partial charge in [-0.05, 0) is 68.6 Å². The molecule has 2 heteroatoms. The van der Waals surface area contributed by atoms with Gasteiger partial charge in [0.15, 0.2) is 0 Å². The molecule has 2 aromatic carbocycles. The summed E-state index contributed by atoms with van der Waals surface area (Å²) in [6.07, 6.45) is 0. The largest absolute Gasteiger partial charge is 0.309 e. The van der Waals surface area contributed by atoms with Crippen molar-refractivity contribution in [2.45, 2.75) is 33.7 Å². The summed E-state index contributed by atoms with van der Waals surface area (Å²) in [4.78, 5) is 0. The van der Waals surface area contributed by atoms with Gasteiger partial charge < -0.3 is 5.32 Å². The van der Waals surface area contributed by atoms with E-state index in [9.17, 15) is 0 Å². The van der Waals surface area contributed by atoms with Crippen LogP contribution in [-0.2, 0) is 0 Å². The number of rotatable bonds is 3. The van der Waals surface area contributed by atoms with Crippen molar-refractivity contribution in [1.82, 2.24) is 5.32 Å². The number of hydrogen-bond donors (Lipinski definition) is 1. The molecule has 0 aliphatic rings. The maximum Gasteiger partial charge on any atom is 0.0591 e. The van der Waals surface area contributed by atoms with Gasteiger partial charge in [-0.3, -0.25) is 0 Å². The Bertz CT molecular complexity index is 632. The van der Waals surface area contributed by atoms with Gasteiger partial charge in [-0.1, -0.05) is 41.4 Å². The molecule has 0 aromatic heterocycles. The topological polar surface area (TPSA) is 12.0 Å². The summed E-state index contributed by atoms with van der Waals surface area (Å²) in [5.74, 6) is 0. The van der Waals surface area contributed by atoms with Crippen molar-refractivity contribution in [3.8, 4) is 0 Å². The van der Waals surface area contributed by atoms with Gasteiger partial charge in [0.05, 0.1) is 6.04 Å². The molecule has 0 aliphatic heterocycles. The number of halogens is 1. The van der Waals surface area contributed by atoms with Gasteiger partial charge in [0.1, 0.15) is 0 Å². The first kappa shape index (κ1) is 15.1. The highest BCUT2D eigenvalue weighted by Gasteiger charge is 2.18. The molecule has 2 aromatic rings. The Morgan fingerprint density at radius 1 is 0.850 bits per heavy atom. The van der Waals surface area contributed by atoms with Gasteiger partial charge in [0.25, 0.3) is 0 Å². The first-order valence-corrected chi connectivity index (χ1v) is 7.33. The Labute approximate surface area is 127 Å². The van der Waals surface area contributed by atoms with Gasteiger partial charge in [-0.2, -0.15) is 0 Å². The Kier molecular flexibility index (Phi) is 4.52. The third-order valence-electron chi connectivity index (χ3n) is 3.96. The number of benzene rings is 2. The Balaban J connectivity index is 2.58. The molecule has 0 bridgehead atoms. The van der Waals surface area contributed by atoms with E-state index in [4.69, 9.17) is 11.6 Å². The second kappa shape index (κ2) is 5.99. The minimum absolute atomic E-state index is 0.127. The van der Waals surface area contributed by atoms with Crippen molar-refractivity contribution in [2.24, 2.45) is 0 Å². The Morgan fingerprint density at radius 2 is 1.50 bits per heavy atom. The van der Waals surface area contributed by atoms with Crippen LogP contribution >= 0.6 is 11.6 Å². The summed E-state index contributed by atoms with van der Waals surface area (Å²) in [6.45, 7) is 8.49. The highest BCUT2D eigenvalue weighted by atomic mass is 35.5.